The minimum Gasteiger partial charge on any atom is -0.303 e. The van der Waals surface area contributed by atoms with Gasteiger partial charge in [0.25, 0.3) is 0 Å². The molecule has 0 N–H and O–H groups in total. The molecule has 0 aliphatic heterocycles. The van der Waals surface area contributed by atoms with Crippen LogP contribution in [0.2, 0.25) is 0 Å². The molecule has 0 aromatic carbocycles. The van der Waals surface area contributed by atoms with Crippen LogP contribution in [0, 0.1) is 5.92 Å². The molecule has 3 heteroatoms. The summed E-state index contributed by atoms with van der Waals surface area (Å²) in [5, 5.41) is 0. The van der Waals surface area contributed by atoms with Crippen molar-refractivity contribution in [2.75, 3.05) is 0 Å². The van der Waals surface area contributed by atoms with E-state index >= 15 is 0 Å². The standard InChI is InChI=1S/C8H11NO2/c10-5-7-1-3-8(4-2-7)9-6-11/h5,7-8H,1-4H2. The lowest BCUT2D eigenvalue weighted by Crippen LogP contribution is -2.17. The number of carbonyl (C=O) groups is 1. The molecule has 0 amide bonds. The smallest absolute Gasteiger partial charge is 0.235 e. The Hall–Kier alpha value is -0.950. The van der Waals surface area contributed by atoms with Crippen molar-refractivity contribution < 1.29 is 9.59 Å². The third-order valence-corrected chi connectivity index (χ3v) is 2.17. The number of aldehydes is 1. The molecule has 11 heavy (non-hydrogen) atoms. The first kappa shape index (κ1) is 8.15. The average Bonchev–Trinajstić information content (AvgIpc) is 2.07. The summed E-state index contributed by atoms with van der Waals surface area (Å²) in [6, 6.07) is 0.128. The lowest BCUT2D eigenvalue weighted by molar-refractivity contribution is -0.111. The molecule has 1 rings (SSSR count). The van der Waals surface area contributed by atoms with Gasteiger partial charge in [0, 0.05) is 5.92 Å². The summed E-state index contributed by atoms with van der Waals surface area (Å²) < 4.78 is 0. The number of hydrogen-bond acceptors (Lipinski definition) is 3. The second-order valence-corrected chi connectivity index (χ2v) is 2.93. The van der Waals surface area contributed by atoms with Gasteiger partial charge in [0.1, 0.15) is 6.29 Å². The van der Waals surface area contributed by atoms with Crippen LogP contribution < -0.4 is 0 Å². The Kier molecular flexibility index (Phi) is 2.99. The molecule has 60 valence electrons. The van der Waals surface area contributed by atoms with E-state index in [0.717, 1.165) is 32.0 Å². The Bertz CT molecular complexity index is 177. The van der Waals surface area contributed by atoms with Crippen LogP contribution in [0.3, 0.4) is 0 Å². The minimum atomic E-state index is 0.128. The minimum absolute atomic E-state index is 0.128. The summed E-state index contributed by atoms with van der Waals surface area (Å²) >= 11 is 0. The Balaban J connectivity index is 2.35. The molecular weight excluding hydrogens is 142 g/mol. The fraction of sp³-hybridized carbons (Fsp3) is 0.750. The predicted octanol–water partition coefficient (Wildman–Crippen LogP) is 1.08. The molecule has 0 spiro atoms. The fourth-order valence-corrected chi connectivity index (χ4v) is 1.44. The number of rotatable bonds is 2. The van der Waals surface area contributed by atoms with Crippen molar-refractivity contribution in [3.8, 4) is 0 Å². The first-order valence-corrected chi connectivity index (χ1v) is 3.89. The zero-order chi connectivity index (χ0) is 8.10. The van der Waals surface area contributed by atoms with Crippen molar-refractivity contribution in [2.45, 2.75) is 31.7 Å². The quantitative estimate of drug-likeness (QED) is 0.338. The largest absolute Gasteiger partial charge is 0.303 e. The summed E-state index contributed by atoms with van der Waals surface area (Å²) in [6.45, 7) is 0. The van der Waals surface area contributed by atoms with Gasteiger partial charge in [-0.3, -0.25) is 0 Å². The fourth-order valence-electron chi connectivity index (χ4n) is 1.44. The van der Waals surface area contributed by atoms with E-state index in [2.05, 4.69) is 4.99 Å². The first-order valence-electron chi connectivity index (χ1n) is 3.89. The highest BCUT2D eigenvalue weighted by atomic mass is 16.1. The summed E-state index contributed by atoms with van der Waals surface area (Å²) in [5.74, 6) is 0.202. The summed E-state index contributed by atoms with van der Waals surface area (Å²) in [6.07, 6.45) is 6.03. The Labute approximate surface area is 65.5 Å². The average molecular weight is 153 g/mol. The Morgan fingerprint density at radius 2 is 1.91 bits per heavy atom. The molecule has 0 unspecified atom stereocenters. The van der Waals surface area contributed by atoms with Crippen molar-refractivity contribution in [1.29, 1.82) is 0 Å². The summed E-state index contributed by atoms with van der Waals surface area (Å²) in [5.41, 5.74) is 0. The molecule has 0 bridgehead atoms. The second kappa shape index (κ2) is 4.04. The van der Waals surface area contributed by atoms with Crippen LogP contribution >= 0.6 is 0 Å². The lowest BCUT2D eigenvalue weighted by Gasteiger charge is -2.20. The Morgan fingerprint density at radius 3 is 2.36 bits per heavy atom. The molecule has 0 saturated heterocycles. The van der Waals surface area contributed by atoms with Crippen molar-refractivity contribution in [3.05, 3.63) is 0 Å². The number of aliphatic imine (C=N–C) groups is 1. The normalized spacial score (nSPS) is 30.5. The van der Waals surface area contributed by atoms with Crippen molar-refractivity contribution >= 4 is 12.4 Å². The van der Waals surface area contributed by atoms with Gasteiger partial charge in [-0.2, -0.15) is 0 Å². The number of isocyanates is 1. The van der Waals surface area contributed by atoms with E-state index in [1.165, 1.54) is 0 Å². The molecule has 1 aliphatic carbocycles. The maximum atomic E-state index is 10.3. The van der Waals surface area contributed by atoms with Crippen molar-refractivity contribution in [3.63, 3.8) is 0 Å². The molecule has 1 saturated carbocycles. The van der Waals surface area contributed by atoms with Gasteiger partial charge < -0.3 is 4.79 Å². The van der Waals surface area contributed by atoms with Gasteiger partial charge in [-0.1, -0.05) is 0 Å². The number of carbonyl (C=O) groups excluding carboxylic acids is 2. The SMILES string of the molecule is O=C=NC1CCC(C=O)CC1. The highest BCUT2D eigenvalue weighted by Crippen LogP contribution is 2.24. The van der Waals surface area contributed by atoms with Crippen molar-refractivity contribution in [1.82, 2.24) is 0 Å². The third-order valence-electron chi connectivity index (χ3n) is 2.17. The lowest BCUT2D eigenvalue weighted by atomic mass is 9.87. The summed E-state index contributed by atoms with van der Waals surface area (Å²) in [7, 11) is 0. The van der Waals surface area contributed by atoms with Crippen LogP contribution in [0.15, 0.2) is 4.99 Å². The zero-order valence-corrected chi connectivity index (χ0v) is 6.32. The molecule has 3 nitrogen and oxygen atoms in total. The molecule has 0 radical (unpaired) electrons. The maximum Gasteiger partial charge on any atom is 0.235 e. The van der Waals surface area contributed by atoms with Crippen molar-refractivity contribution in [2.24, 2.45) is 10.9 Å². The molecule has 0 aromatic rings. The van der Waals surface area contributed by atoms with Crippen LogP contribution in [0.4, 0.5) is 0 Å². The van der Waals surface area contributed by atoms with Crippen LogP contribution in [0.25, 0.3) is 0 Å². The molecule has 1 aliphatic rings. The van der Waals surface area contributed by atoms with E-state index < -0.39 is 0 Å². The number of nitrogens with zero attached hydrogens (tertiary/aromatic N) is 1. The van der Waals surface area contributed by atoms with E-state index in [4.69, 9.17) is 0 Å². The van der Waals surface area contributed by atoms with Gasteiger partial charge in [-0.25, -0.2) is 9.79 Å². The van der Waals surface area contributed by atoms with Gasteiger partial charge in [-0.15, -0.1) is 0 Å². The summed E-state index contributed by atoms with van der Waals surface area (Å²) in [4.78, 5) is 23.8. The predicted molar refractivity (Wildman–Crippen MR) is 39.9 cm³/mol. The maximum absolute atomic E-state index is 10.3. The van der Waals surface area contributed by atoms with E-state index in [1.54, 1.807) is 6.08 Å². The highest BCUT2D eigenvalue weighted by molar-refractivity contribution is 5.53. The van der Waals surface area contributed by atoms with Gasteiger partial charge >= 0.3 is 0 Å². The molecule has 1 fully saturated rings. The monoisotopic (exact) mass is 153 g/mol. The number of hydrogen-bond donors (Lipinski definition) is 0. The molecule has 0 atom stereocenters. The molecule has 0 heterocycles. The van der Waals surface area contributed by atoms with E-state index in [-0.39, 0.29) is 12.0 Å². The van der Waals surface area contributed by atoms with E-state index in [1.807, 2.05) is 0 Å². The van der Waals surface area contributed by atoms with Crippen LogP contribution in [0.1, 0.15) is 25.7 Å². The topological polar surface area (TPSA) is 46.5 Å². The van der Waals surface area contributed by atoms with E-state index in [0.29, 0.717) is 0 Å². The molecular formula is C8H11NO2. The van der Waals surface area contributed by atoms with Crippen LogP contribution in [-0.2, 0) is 9.59 Å². The Morgan fingerprint density at radius 1 is 1.27 bits per heavy atom. The second-order valence-electron chi connectivity index (χ2n) is 2.93. The zero-order valence-electron chi connectivity index (χ0n) is 6.32. The molecule has 0 aromatic heterocycles. The van der Waals surface area contributed by atoms with Gasteiger partial charge in [-0.05, 0) is 25.7 Å². The van der Waals surface area contributed by atoms with Crippen LogP contribution in [-0.4, -0.2) is 18.4 Å². The first-order chi connectivity index (χ1) is 5.36. The van der Waals surface area contributed by atoms with E-state index in [9.17, 15) is 9.59 Å². The highest BCUT2D eigenvalue weighted by Gasteiger charge is 2.19. The van der Waals surface area contributed by atoms with Gasteiger partial charge in [0.15, 0.2) is 0 Å². The third kappa shape index (κ3) is 2.28. The van der Waals surface area contributed by atoms with Crippen LogP contribution in [0.5, 0.6) is 0 Å². The van der Waals surface area contributed by atoms with Gasteiger partial charge in [0.2, 0.25) is 6.08 Å². The van der Waals surface area contributed by atoms with Gasteiger partial charge in [0.05, 0.1) is 6.04 Å².